The number of anilines is 1. The van der Waals surface area contributed by atoms with Crippen LogP contribution in [0, 0.1) is 13.8 Å². The van der Waals surface area contributed by atoms with Gasteiger partial charge >= 0.3 is 0 Å². The molecule has 0 fully saturated rings. The lowest BCUT2D eigenvalue weighted by Crippen LogP contribution is -2.33. The second-order valence-corrected chi connectivity index (χ2v) is 10.2. The van der Waals surface area contributed by atoms with Gasteiger partial charge in [0.2, 0.25) is 0 Å². The van der Waals surface area contributed by atoms with Crippen LogP contribution in [0.5, 0.6) is 5.75 Å². The highest BCUT2D eigenvalue weighted by molar-refractivity contribution is 7.92. The summed E-state index contributed by atoms with van der Waals surface area (Å²) in [4.78, 5) is 12.9. The number of carbonyl (C=O) groups excluding carboxylic acids is 1. The largest absolute Gasteiger partial charge is 0.484 e. The van der Waals surface area contributed by atoms with Gasteiger partial charge in [0, 0.05) is 5.69 Å². The zero-order valence-electron chi connectivity index (χ0n) is 20.1. The van der Waals surface area contributed by atoms with Gasteiger partial charge in [-0.1, -0.05) is 78.4 Å². The van der Waals surface area contributed by atoms with Crippen LogP contribution in [0.25, 0.3) is 0 Å². The summed E-state index contributed by atoms with van der Waals surface area (Å²) in [6.45, 7) is 3.48. The molecular formula is C29H28N2O4S. The van der Waals surface area contributed by atoms with Crippen molar-refractivity contribution in [3.8, 4) is 5.75 Å². The van der Waals surface area contributed by atoms with Crippen LogP contribution in [-0.2, 0) is 14.8 Å². The summed E-state index contributed by atoms with van der Waals surface area (Å²) in [7, 11) is -3.76. The van der Waals surface area contributed by atoms with Gasteiger partial charge in [-0.15, -0.1) is 0 Å². The first kappa shape index (κ1) is 25.0. The Morgan fingerprint density at radius 2 is 1.39 bits per heavy atom. The minimum atomic E-state index is -3.76. The molecule has 7 heteroatoms. The Balaban J connectivity index is 1.42. The fraction of sp³-hybridized carbons (Fsp3) is 0.138. The number of sulfonamides is 1. The molecule has 0 saturated heterocycles. The maximum Gasteiger partial charge on any atom is 0.261 e. The average Bonchev–Trinajstić information content (AvgIpc) is 2.89. The van der Waals surface area contributed by atoms with Crippen molar-refractivity contribution in [1.82, 2.24) is 5.32 Å². The van der Waals surface area contributed by atoms with Gasteiger partial charge in [-0.2, -0.15) is 0 Å². The molecule has 0 radical (unpaired) electrons. The van der Waals surface area contributed by atoms with Gasteiger partial charge in [-0.3, -0.25) is 9.52 Å². The van der Waals surface area contributed by atoms with E-state index in [9.17, 15) is 13.2 Å². The number of nitrogens with one attached hydrogen (secondary N) is 2. The SMILES string of the molecule is Cc1ccc(NS(=O)(=O)c2ccc(OCC(=O)NC(c3ccccc3)c3ccccc3)c(C)c2)cc1. The molecule has 0 aliphatic rings. The van der Waals surface area contributed by atoms with Crippen molar-refractivity contribution >= 4 is 21.6 Å². The van der Waals surface area contributed by atoms with Crippen molar-refractivity contribution in [2.45, 2.75) is 24.8 Å². The molecular weight excluding hydrogens is 472 g/mol. The first-order chi connectivity index (χ1) is 17.3. The van der Waals surface area contributed by atoms with E-state index in [0.717, 1.165) is 16.7 Å². The van der Waals surface area contributed by atoms with Gasteiger partial charge in [-0.05, 0) is 60.9 Å². The molecule has 0 heterocycles. The Bertz CT molecular complexity index is 1380. The highest BCUT2D eigenvalue weighted by Gasteiger charge is 2.19. The third kappa shape index (κ3) is 6.31. The molecule has 0 aromatic heterocycles. The minimum absolute atomic E-state index is 0.116. The number of aryl methyl sites for hydroxylation is 2. The normalized spacial score (nSPS) is 11.2. The van der Waals surface area contributed by atoms with Crippen LogP contribution in [-0.4, -0.2) is 20.9 Å². The number of carbonyl (C=O) groups is 1. The quantitative estimate of drug-likeness (QED) is 0.323. The van der Waals surface area contributed by atoms with Crippen molar-refractivity contribution < 1.29 is 17.9 Å². The summed E-state index contributed by atoms with van der Waals surface area (Å²) in [5.41, 5.74) is 4.06. The van der Waals surface area contributed by atoms with E-state index in [1.807, 2.05) is 79.7 Å². The van der Waals surface area contributed by atoms with Crippen LogP contribution >= 0.6 is 0 Å². The molecule has 0 aliphatic heterocycles. The highest BCUT2D eigenvalue weighted by atomic mass is 32.2. The lowest BCUT2D eigenvalue weighted by atomic mass is 9.99. The summed E-state index contributed by atoms with van der Waals surface area (Å²) < 4.78 is 33.9. The monoisotopic (exact) mass is 500 g/mol. The van der Waals surface area contributed by atoms with Crippen LogP contribution in [0.4, 0.5) is 5.69 Å². The second-order valence-electron chi connectivity index (χ2n) is 8.51. The number of ether oxygens (including phenoxy) is 1. The maximum absolute atomic E-state index is 12.8. The zero-order valence-corrected chi connectivity index (χ0v) is 21.0. The predicted molar refractivity (Wildman–Crippen MR) is 142 cm³/mol. The van der Waals surface area contributed by atoms with E-state index in [-0.39, 0.29) is 23.5 Å². The Kier molecular flexibility index (Phi) is 7.71. The van der Waals surface area contributed by atoms with E-state index in [1.54, 1.807) is 25.1 Å². The molecule has 0 saturated carbocycles. The molecule has 6 nitrogen and oxygen atoms in total. The van der Waals surface area contributed by atoms with E-state index < -0.39 is 10.0 Å². The van der Waals surface area contributed by atoms with Gasteiger partial charge < -0.3 is 10.1 Å². The van der Waals surface area contributed by atoms with Crippen LogP contribution in [0.15, 0.2) is 108 Å². The summed E-state index contributed by atoms with van der Waals surface area (Å²) in [6.07, 6.45) is 0. The van der Waals surface area contributed by atoms with Crippen molar-refractivity contribution in [2.24, 2.45) is 0 Å². The van der Waals surface area contributed by atoms with Crippen molar-refractivity contribution in [3.63, 3.8) is 0 Å². The highest BCUT2D eigenvalue weighted by Crippen LogP contribution is 2.25. The van der Waals surface area contributed by atoms with E-state index in [0.29, 0.717) is 17.0 Å². The van der Waals surface area contributed by atoms with E-state index in [1.165, 1.54) is 12.1 Å². The maximum atomic E-state index is 12.8. The molecule has 4 aromatic carbocycles. The summed E-state index contributed by atoms with van der Waals surface area (Å²) in [5.74, 6) is 0.153. The summed E-state index contributed by atoms with van der Waals surface area (Å²) in [6, 6.07) is 30.8. The Morgan fingerprint density at radius 3 is 1.94 bits per heavy atom. The van der Waals surface area contributed by atoms with Crippen LogP contribution in [0.2, 0.25) is 0 Å². The smallest absolute Gasteiger partial charge is 0.261 e. The molecule has 184 valence electrons. The summed E-state index contributed by atoms with van der Waals surface area (Å²) in [5, 5.41) is 3.04. The standard InChI is InChI=1S/C29H28N2O4S/c1-21-13-15-25(16-14-21)31-36(33,34)26-17-18-27(22(2)19-26)35-20-28(32)30-29(23-9-5-3-6-10-23)24-11-7-4-8-12-24/h3-19,29,31H,20H2,1-2H3,(H,30,32). The molecule has 36 heavy (non-hydrogen) atoms. The summed E-state index contributed by atoms with van der Waals surface area (Å²) >= 11 is 0. The number of hydrogen-bond acceptors (Lipinski definition) is 4. The van der Waals surface area contributed by atoms with Gasteiger partial charge in [0.05, 0.1) is 10.9 Å². The number of benzene rings is 4. The first-order valence-corrected chi connectivity index (χ1v) is 13.0. The number of rotatable bonds is 9. The molecule has 1 amide bonds. The zero-order chi connectivity index (χ0) is 25.5. The molecule has 0 unspecified atom stereocenters. The molecule has 4 rings (SSSR count). The Labute approximate surface area is 212 Å². The molecule has 0 spiro atoms. The topological polar surface area (TPSA) is 84.5 Å². The van der Waals surface area contributed by atoms with E-state index in [4.69, 9.17) is 4.74 Å². The minimum Gasteiger partial charge on any atom is -0.484 e. The molecule has 0 bridgehead atoms. The third-order valence-corrected chi connectivity index (χ3v) is 7.07. The van der Waals surface area contributed by atoms with Crippen molar-refractivity contribution in [1.29, 1.82) is 0 Å². The van der Waals surface area contributed by atoms with Gasteiger partial charge in [0.15, 0.2) is 6.61 Å². The van der Waals surface area contributed by atoms with Crippen molar-refractivity contribution in [3.05, 3.63) is 125 Å². The van der Waals surface area contributed by atoms with Gasteiger partial charge in [-0.25, -0.2) is 8.42 Å². The second kappa shape index (κ2) is 11.1. The molecule has 0 aliphatic carbocycles. The van der Waals surface area contributed by atoms with Crippen LogP contribution in [0.3, 0.4) is 0 Å². The first-order valence-electron chi connectivity index (χ1n) is 11.5. The van der Waals surface area contributed by atoms with E-state index >= 15 is 0 Å². The van der Waals surface area contributed by atoms with E-state index in [2.05, 4.69) is 10.0 Å². The Hall–Kier alpha value is -4.10. The van der Waals surface area contributed by atoms with Gasteiger partial charge in [0.25, 0.3) is 15.9 Å². The van der Waals surface area contributed by atoms with Crippen LogP contribution in [0.1, 0.15) is 28.3 Å². The number of hydrogen-bond donors (Lipinski definition) is 2. The third-order valence-electron chi connectivity index (χ3n) is 5.69. The van der Waals surface area contributed by atoms with Gasteiger partial charge in [0.1, 0.15) is 5.75 Å². The lowest BCUT2D eigenvalue weighted by Gasteiger charge is -2.20. The lowest BCUT2D eigenvalue weighted by molar-refractivity contribution is -0.123. The molecule has 4 aromatic rings. The molecule has 0 atom stereocenters. The fourth-order valence-corrected chi connectivity index (χ4v) is 4.93. The fourth-order valence-electron chi connectivity index (χ4n) is 3.78. The Morgan fingerprint density at radius 1 is 0.806 bits per heavy atom. The predicted octanol–water partition coefficient (Wildman–Crippen LogP) is 5.39. The van der Waals surface area contributed by atoms with Crippen molar-refractivity contribution in [2.75, 3.05) is 11.3 Å². The van der Waals surface area contributed by atoms with Crippen LogP contribution < -0.4 is 14.8 Å². The average molecular weight is 501 g/mol. The molecule has 2 N–H and O–H groups in total. The number of amides is 1.